The van der Waals surface area contributed by atoms with Gasteiger partial charge in [0, 0.05) is 19.3 Å². The van der Waals surface area contributed by atoms with Gasteiger partial charge in [0.1, 0.15) is 25.4 Å². The third kappa shape index (κ3) is 75.4. The Hall–Kier alpha value is -5.61. The number of unbranched alkanes of at least 4 members (excludes halogenated alkanes) is 14. The van der Waals surface area contributed by atoms with Gasteiger partial charge >= 0.3 is 33.6 Å². The van der Waals surface area contributed by atoms with Gasteiger partial charge in [0.15, 0.2) is 6.10 Å². The molecule has 0 rings (SSSR count). The molecule has 0 aromatic carbocycles. The minimum Gasteiger partial charge on any atom is -0.463 e. The lowest BCUT2D eigenvalue weighted by Gasteiger charge is -2.21. The Morgan fingerprint density at radius 2 is 0.505 bits per heavy atom. The molecule has 5 unspecified atom stereocenters. The molecule has 0 aliphatic carbocycles. The number of carbonyl (C=O) groups is 3. The number of esters is 3. The summed E-state index contributed by atoms with van der Waals surface area (Å²) >= 11 is 0. The van der Waals surface area contributed by atoms with Crippen molar-refractivity contribution < 1.29 is 75.8 Å². The number of hydrogen-bond donors (Lipinski definition) is 4. The van der Waals surface area contributed by atoms with Crippen molar-refractivity contribution in [3.05, 3.63) is 194 Å². The fourth-order valence-corrected chi connectivity index (χ4v) is 10.7. The third-order valence-electron chi connectivity index (χ3n) is 14.8. The number of hydrogen-bond acceptors (Lipinski definition) is 14. The van der Waals surface area contributed by atoms with E-state index in [0.29, 0.717) is 25.7 Å². The maximum Gasteiger partial charge on any atom is 0.472 e. The summed E-state index contributed by atoms with van der Waals surface area (Å²) in [6.45, 7) is 2.20. The van der Waals surface area contributed by atoms with Gasteiger partial charge in [0.05, 0.1) is 26.4 Å². The van der Waals surface area contributed by atoms with Crippen LogP contribution in [0.5, 0.6) is 0 Å². The van der Waals surface area contributed by atoms with Crippen LogP contribution < -0.4 is 0 Å². The second kappa shape index (κ2) is 74.1. The normalized spacial score (nSPS) is 15.1. The highest BCUT2D eigenvalue weighted by molar-refractivity contribution is 7.47. The van der Waals surface area contributed by atoms with Crippen molar-refractivity contribution in [2.45, 2.75) is 270 Å². The number of carbonyl (C=O) groups excluding carboxylic acids is 3. The van der Waals surface area contributed by atoms with E-state index in [4.69, 9.17) is 32.3 Å². The zero-order valence-corrected chi connectivity index (χ0v) is 63.8. The van der Waals surface area contributed by atoms with Crippen molar-refractivity contribution in [2.75, 3.05) is 39.6 Å². The number of phosphoric ester groups is 2. The molecule has 18 heteroatoms. The first-order valence-corrected chi connectivity index (χ1v) is 40.7. The van der Waals surface area contributed by atoms with E-state index in [-0.39, 0.29) is 19.3 Å². The number of allylic oxidation sites excluding steroid dienone is 32. The van der Waals surface area contributed by atoms with Crippen LogP contribution in [0, 0.1) is 0 Å². The first kappa shape index (κ1) is 95.4. The highest BCUT2D eigenvalue weighted by atomic mass is 31.2. The minimum atomic E-state index is -4.96. The van der Waals surface area contributed by atoms with Crippen LogP contribution >= 0.6 is 15.6 Å². The molecule has 0 spiro atoms. The van der Waals surface area contributed by atoms with Crippen LogP contribution in [0.3, 0.4) is 0 Å². The second-order valence-electron chi connectivity index (χ2n) is 24.3. The fraction of sp³-hybridized carbons (Fsp3) is 0.578. The molecule has 0 amide bonds. The molecular weight excluding hydrogens is 1310 g/mol. The second-order valence-corrected chi connectivity index (χ2v) is 27.2. The molecule has 5 atom stereocenters. The summed E-state index contributed by atoms with van der Waals surface area (Å²) in [5.74, 6) is -1.69. The van der Waals surface area contributed by atoms with Gasteiger partial charge in [-0.05, 0) is 154 Å². The Balaban J connectivity index is 4.73. The van der Waals surface area contributed by atoms with Crippen molar-refractivity contribution in [1.29, 1.82) is 0 Å². The number of phosphoric acid groups is 2. The average Bonchev–Trinajstić information content (AvgIpc) is 0.946. The fourth-order valence-electron chi connectivity index (χ4n) is 9.16. The molecule has 0 bridgehead atoms. The van der Waals surface area contributed by atoms with Crippen molar-refractivity contribution in [3.63, 3.8) is 0 Å². The number of rotatable bonds is 69. The standard InChI is InChI=1S/C83H132O16P2/c1-4-7-10-13-16-19-22-25-28-31-33-35-37-38-40-42-43-46-48-51-54-57-60-63-66-69-81(86)93-72-78(84)73-95-100(89,90)96-74-79(85)75-97-101(91,92)98-77-80(99-83(88)71-68-65-62-59-56-53-50-45-30-27-24-21-18-15-12-9-6-3)76-94-82(87)70-67-64-61-58-55-52-49-47-44-41-39-36-34-32-29-26-23-20-17-14-11-8-5-2/h7-12,16-21,25-30,33-36,38,40-41,43-44,46,50,53,59,62,78-80,84-85H,4-6,13-15,22-24,31-32,37,39,42,45,47-49,51-52,54-58,60-61,63-77H2,1-3H3,(H,89,90)(H,91,92)/b10-7-,11-8-,12-9-,19-16-,20-17-,21-18-,28-25-,29-26-,30-27-,35-33-,36-34-,40-38-,44-41-,46-43-,53-50-,62-59-. The van der Waals surface area contributed by atoms with Gasteiger partial charge in [-0.1, -0.05) is 273 Å². The van der Waals surface area contributed by atoms with Crippen LogP contribution in [0.25, 0.3) is 0 Å². The number of aliphatic hydroxyl groups excluding tert-OH is 2. The van der Waals surface area contributed by atoms with E-state index in [1.165, 1.54) is 0 Å². The SMILES string of the molecule is CC/C=C\C/C=C\C/C=C\C/C=C\C/C=C\C/C=C\CCCCCCCCC(=O)OCC(O)COP(=O)(O)OCC(O)COP(=O)(O)OCC(COC(=O)CCCCCCCCC/C=C\C/C=C\C/C=C\C/C=C\C/C=C\CC)OC(=O)CCC/C=C\C/C=C\C/C=C\C/C=C\C/C=C\CC. The van der Waals surface area contributed by atoms with Gasteiger partial charge < -0.3 is 34.2 Å². The van der Waals surface area contributed by atoms with E-state index in [0.717, 1.165) is 186 Å². The molecule has 0 saturated carbocycles. The van der Waals surface area contributed by atoms with Crippen LogP contribution in [0.4, 0.5) is 0 Å². The summed E-state index contributed by atoms with van der Waals surface area (Å²) in [5.41, 5.74) is 0. The van der Waals surface area contributed by atoms with Crippen LogP contribution in [-0.4, -0.2) is 95.9 Å². The van der Waals surface area contributed by atoms with E-state index in [1.807, 2.05) is 12.2 Å². The molecule has 0 heterocycles. The van der Waals surface area contributed by atoms with Gasteiger partial charge in [-0.25, -0.2) is 9.13 Å². The Bertz CT molecular complexity index is 2620. The number of aliphatic hydroxyl groups is 2. The third-order valence-corrected chi connectivity index (χ3v) is 16.7. The van der Waals surface area contributed by atoms with Crippen LogP contribution in [0.15, 0.2) is 194 Å². The van der Waals surface area contributed by atoms with Crippen molar-refractivity contribution >= 4 is 33.6 Å². The summed E-state index contributed by atoms with van der Waals surface area (Å²) in [4.78, 5) is 58.6. The summed E-state index contributed by atoms with van der Waals surface area (Å²) in [6, 6.07) is 0. The lowest BCUT2D eigenvalue weighted by molar-refractivity contribution is -0.161. The van der Waals surface area contributed by atoms with Crippen molar-refractivity contribution in [1.82, 2.24) is 0 Å². The summed E-state index contributed by atoms with van der Waals surface area (Å²) < 4.78 is 61.0. The molecule has 0 aliphatic rings. The highest BCUT2D eigenvalue weighted by Crippen LogP contribution is 2.45. The Kier molecular flexibility index (Phi) is 70.0. The molecular formula is C83H132O16P2. The monoisotopic (exact) mass is 1450 g/mol. The molecule has 0 aromatic rings. The number of ether oxygens (including phenoxy) is 3. The molecule has 0 radical (unpaired) electrons. The predicted molar refractivity (Wildman–Crippen MR) is 417 cm³/mol. The average molecular weight is 1450 g/mol. The molecule has 0 fully saturated rings. The smallest absolute Gasteiger partial charge is 0.463 e. The molecule has 0 aliphatic heterocycles. The topological polar surface area (TPSA) is 231 Å². The lowest BCUT2D eigenvalue weighted by Crippen LogP contribution is -2.30. The van der Waals surface area contributed by atoms with E-state index < -0.39 is 91.5 Å². The Morgan fingerprint density at radius 3 is 0.812 bits per heavy atom. The van der Waals surface area contributed by atoms with E-state index in [9.17, 15) is 43.5 Å². The van der Waals surface area contributed by atoms with Crippen molar-refractivity contribution in [2.24, 2.45) is 0 Å². The molecule has 16 nitrogen and oxygen atoms in total. The highest BCUT2D eigenvalue weighted by Gasteiger charge is 2.29. The van der Waals surface area contributed by atoms with Gasteiger partial charge in [-0.15, -0.1) is 0 Å². The van der Waals surface area contributed by atoms with Gasteiger partial charge in [0.25, 0.3) is 0 Å². The zero-order chi connectivity index (χ0) is 73.7. The zero-order valence-electron chi connectivity index (χ0n) is 62.0. The molecule has 101 heavy (non-hydrogen) atoms. The van der Waals surface area contributed by atoms with Crippen LogP contribution in [0.2, 0.25) is 0 Å². The Labute approximate surface area is 610 Å². The first-order chi connectivity index (χ1) is 49.2. The van der Waals surface area contributed by atoms with Crippen LogP contribution in [0.1, 0.15) is 252 Å². The maximum absolute atomic E-state index is 13.0. The Morgan fingerprint density at radius 1 is 0.277 bits per heavy atom. The predicted octanol–water partition coefficient (Wildman–Crippen LogP) is 22.0. The molecule has 0 aromatic heterocycles. The van der Waals surface area contributed by atoms with Gasteiger partial charge in [-0.2, -0.15) is 0 Å². The maximum atomic E-state index is 13.0. The van der Waals surface area contributed by atoms with E-state index >= 15 is 0 Å². The minimum absolute atomic E-state index is 0.0151. The molecule has 0 saturated heterocycles. The van der Waals surface area contributed by atoms with Gasteiger partial charge in [-0.3, -0.25) is 32.5 Å². The molecule has 4 N–H and O–H groups in total. The van der Waals surface area contributed by atoms with Gasteiger partial charge in [0.2, 0.25) is 0 Å². The summed E-state index contributed by atoms with van der Waals surface area (Å²) in [5, 5.41) is 20.6. The largest absolute Gasteiger partial charge is 0.472 e. The van der Waals surface area contributed by atoms with E-state index in [1.54, 1.807) is 0 Å². The van der Waals surface area contributed by atoms with Crippen molar-refractivity contribution in [3.8, 4) is 0 Å². The quantitative estimate of drug-likeness (QED) is 0.0146. The molecule has 570 valence electrons. The summed E-state index contributed by atoms with van der Waals surface area (Å²) in [6.07, 6.45) is 96.2. The lowest BCUT2D eigenvalue weighted by atomic mass is 10.1. The first-order valence-electron chi connectivity index (χ1n) is 37.7. The van der Waals surface area contributed by atoms with Crippen LogP contribution in [-0.2, 0) is 55.8 Å². The van der Waals surface area contributed by atoms with E-state index in [2.05, 4.69) is 203 Å². The summed E-state index contributed by atoms with van der Waals surface area (Å²) in [7, 11) is -9.83.